The van der Waals surface area contributed by atoms with Gasteiger partial charge in [0.1, 0.15) is 5.82 Å². The maximum Gasteiger partial charge on any atom is 0.251 e. The molecule has 0 radical (unpaired) electrons. The van der Waals surface area contributed by atoms with Gasteiger partial charge in [0.05, 0.1) is 12.2 Å². The van der Waals surface area contributed by atoms with Gasteiger partial charge in [-0.25, -0.2) is 4.98 Å². The summed E-state index contributed by atoms with van der Waals surface area (Å²) in [5, 5.41) is 14.8. The first-order valence-corrected chi connectivity index (χ1v) is 9.47. The summed E-state index contributed by atoms with van der Waals surface area (Å²) < 4.78 is 1.88. The van der Waals surface area contributed by atoms with Crippen molar-refractivity contribution in [2.24, 2.45) is 7.05 Å². The van der Waals surface area contributed by atoms with E-state index in [4.69, 9.17) is 0 Å². The predicted molar refractivity (Wildman–Crippen MR) is 105 cm³/mol. The summed E-state index contributed by atoms with van der Waals surface area (Å²) in [6, 6.07) is 9.40. The number of H-pyrrole nitrogens is 1. The van der Waals surface area contributed by atoms with E-state index in [0.717, 1.165) is 36.9 Å². The van der Waals surface area contributed by atoms with Gasteiger partial charge in [0.25, 0.3) is 5.91 Å². The zero-order valence-electron chi connectivity index (χ0n) is 16.4. The van der Waals surface area contributed by atoms with Gasteiger partial charge in [0.2, 0.25) is 0 Å². The number of aromatic nitrogens is 5. The van der Waals surface area contributed by atoms with Gasteiger partial charge >= 0.3 is 0 Å². The fraction of sp³-hybridized carbons (Fsp3) is 0.400. The summed E-state index contributed by atoms with van der Waals surface area (Å²) in [5.74, 6) is 1.52. The van der Waals surface area contributed by atoms with E-state index in [1.54, 1.807) is 0 Å². The van der Waals surface area contributed by atoms with E-state index in [9.17, 15) is 4.79 Å². The molecule has 0 saturated carbocycles. The minimum Gasteiger partial charge on any atom is -0.348 e. The van der Waals surface area contributed by atoms with Crippen LogP contribution in [0.4, 0.5) is 0 Å². The number of nitrogens with one attached hydrogen (secondary N) is 2. The molecule has 1 saturated heterocycles. The van der Waals surface area contributed by atoms with Crippen molar-refractivity contribution in [1.29, 1.82) is 0 Å². The van der Waals surface area contributed by atoms with Crippen molar-refractivity contribution >= 4 is 5.91 Å². The maximum atomic E-state index is 12.6. The second-order valence-electron chi connectivity index (χ2n) is 7.38. The van der Waals surface area contributed by atoms with Crippen LogP contribution in [0, 0.1) is 13.8 Å². The zero-order valence-corrected chi connectivity index (χ0v) is 16.4. The van der Waals surface area contributed by atoms with Crippen LogP contribution < -0.4 is 5.32 Å². The third-order valence-electron chi connectivity index (χ3n) is 5.40. The molecule has 8 nitrogen and oxygen atoms in total. The van der Waals surface area contributed by atoms with Crippen molar-refractivity contribution in [3.05, 3.63) is 65.0 Å². The molecule has 2 aromatic heterocycles. The van der Waals surface area contributed by atoms with Gasteiger partial charge in [0, 0.05) is 43.0 Å². The van der Waals surface area contributed by atoms with E-state index in [0.29, 0.717) is 5.56 Å². The first-order chi connectivity index (χ1) is 13.5. The van der Waals surface area contributed by atoms with Crippen LogP contribution in [-0.2, 0) is 13.6 Å². The van der Waals surface area contributed by atoms with Gasteiger partial charge in [-0.05, 0) is 32.4 Å². The molecule has 3 aromatic rings. The highest BCUT2D eigenvalue weighted by Crippen LogP contribution is 2.32. The zero-order chi connectivity index (χ0) is 19.7. The van der Waals surface area contributed by atoms with E-state index < -0.39 is 0 Å². The van der Waals surface area contributed by atoms with Crippen molar-refractivity contribution in [2.75, 3.05) is 6.54 Å². The molecule has 0 unspecified atom stereocenters. The number of amides is 1. The molecule has 1 aromatic carbocycles. The molecule has 2 atom stereocenters. The molecule has 146 valence electrons. The molecule has 0 spiro atoms. The van der Waals surface area contributed by atoms with Crippen molar-refractivity contribution in [3.8, 4) is 0 Å². The molecule has 0 aliphatic carbocycles. The lowest BCUT2D eigenvalue weighted by molar-refractivity contribution is 0.0937. The molecule has 1 fully saturated rings. The number of carbonyl (C=O) groups is 1. The van der Waals surface area contributed by atoms with E-state index >= 15 is 0 Å². The summed E-state index contributed by atoms with van der Waals surface area (Å²) in [6.07, 6.45) is 2.68. The molecule has 1 aliphatic rings. The molecule has 3 heterocycles. The molecule has 28 heavy (non-hydrogen) atoms. The van der Waals surface area contributed by atoms with Gasteiger partial charge in [-0.15, -0.1) is 0 Å². The van der Waals surface area contributed by atoms with Crippen LogP contribution in [0.5, 0.6) is 0 Å². The Balaban J connectivity index is 1.53. The Morgan fingerprint density at radius 2 is 2.07 bits per heavy atom. The summed E-state index contributed by atoms with van der Waals surface area (Å²) >= 11 is 0. The molecular formula is C20H25N7O. The van der Waals surface area contributed by atoms with Crippen LogP contribution >= 0.6 is 0 Å². The quantitative estimate of drug-likeness (QED) is 0.706. The molecule has 2 N–H and O–H groups in total. The Hall–Kier alpha value is -3.00. The van der Waals surface area contributed by atoms with Crippen LogP contribution in [0.1, 0.15) is 45.7 Å². The number of rotatable bonds is 5. The Morgan fingerprint density at radius 3 is 2.71 bits per heavy atom. The van der Waals surface area contributed by atoms with Crippen molar-refractivity contribution < 1.29 is 4.79 Å². The summed E-state index contributed by atoms with van der Waals surface area (Å²) in [5.41, 5.74) is 2.99. The normalized spacial score (nSPS) is 19.8. The van der Waals surface area contributed by atoms with Crippen LogP contribution in [-0.4, -0.2) is 48.4 Å². The van der Waals surface area contributed by atoms with E-state index in [-0.39, 0.29) is 18.0 Å². The van der Waals surface area contributed by atoms with Crippen LogP contribution in [0.15, 0.2) is 36.5 Å². The monoisotopic (exact) mass is 379 g/mol. The number of aryl methyl sites for hydroxylation is 2. The van der Waals surface area contributed by atoms with Crippen LogP contribution in [0.3, 0.4) is 0 Å². The largest absolute Gasteiger partial charge is 0.348 e. The molecular weight excluding hydrogens is 354 g/mol. The van der Waals surface area contributed by atoms with Crippen molar-refractivity contribution in [2.45, 2.75) is 38.9 Å². The first kappa shape index (κ1) is 18.4. The second kappa shape index (κ2) is 7.55. The fourth-order valence-electron chi connectivity index (χ4n) is 3.74. The number of likely N-dealkylation sites (tertiary alicyclic amines) is 1. The molecule has 0 bridgehead atoms. The Labute approximate surface area is 164 Å². The lowest BCUT2D eigenvalue weighted by Gasteiger charge is -2.21. The summed E-state index contributed by atoms with van der Waals surface area (Å²) in [6.45, 7) is 5.45. The van der Waals surface area contributed by atoms with Gasteiger partial charge in [-0.2, -0.15) is 10.2 Å². The molecule has 1 amide bonds. The Kier molecular flexibility index (Phi) is 4.95. The maximum absolute atomic E-state index is 12.6. The van der Waals surface area contributed by atoms with Gasteiger partial charge < -0.3 is 5.32 Å². The standard InChI is InChI=1S/C20H25N7O/c1-13-16(10-21-26(13)3)11-27-12-17(9-18(27)19-22-14(2)24-25-19)23-20(28)15-7-5-4-6-8-15/h4-8,10,17-18H,9,11-12H2,1-3H3,(H,23,28)(H,22,24,25)/t17-,18-/m0/s1. The highest BCUT2D eigenvalue weighted by molar-refractivity contribution is 5.94. The number of nitrogens with zero attached hydrogens (tertiary/aromatic N) is 5. The second-order valence-corrected chi connectivity index (χ2v) is 7.38. The Morgan fingerprint density at radius 1 is 1.29 bits per heavy atom. The molecule has 4 rings (SSSR count). The lowest BCUT2D eigenvalue weighted by Crippen LogP contribution is -2.37. The third kappa shape index (κ3) is 3.68. The third-order valence-corrected chi connectivity index (χ3v) is 5.40. The minimum atomic E-state index is -0.0464. The average Bonchev–Trinajstić information content (AvgIpc) is 3.38. The van der Waals surface area contributed by atoms with Crippen molar-refractivity contribution in [1.82, 2.24) is 35.2 Å². The topological polar surface area (TPSA) is 91.7 Å². The van der Waals surface area contributed by atoms with Crippen LogP contribution in [0.25, 0.3) is 0 Å². The SMILES string of the molecule is Cc1nc([C@@H]2C[C@H](NC(=O)c3ccccc3)CN2Cc2cnn(C)c2C)n[nH]1. The van der Waals surface area contributed by atoms with Crippen LogP contribution in [0.2, 0.25) is 0 Å². The van der Waals surface area contributed by atoms with E-state index in [1.807, 2.05) is 55.2 Å². The average molecular weight is 379 g/mol. The number of carbonyl (C=O) groups excluding carboxylic acids is 1. The Bertz CT molecular complexity index is 962. The summed E-state index contributed by atoms with van der Waals surface area (Å²) in [7, 11) is 1.95. The van der Waals surface area contributed by atoms with E-state index in [2.05, 4.69) is 37.4 Å². The van der Waals surface area contributed by atoms with Crippen molar-refractivity contribution in [3.63, 3.8) is 0 Å². The number of aromatic amines is 1. The highest BCUT2D eigenvalue weighted by atomic mass is 16.1. The molecule has 8 heteroatoms. The number of hydrogen-bond acceptors (Lipinski definition) is 5. The predicted octanol–water partition coefficient (Wildman–Crippen LogP) is 1.90. The number of hydrogen-bond donors (Lipinski definition) is 2. The summed E-state index contributed by atoms with van der Waals surface area (Å²) in [4.78, 5) is 19.5. The van der Waals surface area contributed by atoms with Gasteiger partial charge in [-0.1, -0.05) is 18.2 Å². The van der Waals surface area contributed by atoms with Gasteiger partial charge in [-0.3, -0.25) is 19.5 Å². The smallest absolute Gasteiger partial charge is 0.251 e. The van der Waals surface area contributed by atoms with E-state index in [1.165, 1.54) is 5.56 Å². The highest BCUT2D eigenvalue weighted by Gasteiger charge is 2.36. The van der Waals surface area contributed by atoms with Gasteiger partial charge in [0.15, 0.2) is 5.82 Å². The number of benzene rings is 1. The minimum absolute atomic E-state index is 0.0356. The lowest BCUT2D eigenvalue weighted by atomic mass is 10.1. The first-order valence-electron chi connectivity index (χ1n) is 9.47. The molecule has 1 aliphatic heterocycles. The fourth-order valence-corrected chi connectivity index (χ4v) is 3.74.